The molecule has 24 heavy (non-hydrogen) atoms. The van der Waals surface area contributed by atoms with Crippen LogP contribution in [0.2, 0.25) is 0 Å². The topological polar surface area (TPSA) is 45.5 Å². The summed E-state index contributed by atoms with van der Waals surface area (Å²) in [5.74, 6) is 0. The first-order valence-electron chi connectivity index (χ1n) is 8.61. The van der Waals surface area contributed by atoms with E-state index in [2.05, 4.69) is 36.2 Å². The van der Waals surface area contributed by atoms with Crippen LogP contribution < -0.4 is 10.2 Å². The number of hydrogen-bond acceptors (Lipinski definition) is 5. The maximum absolute atomic E-state index is 4.77. The minimum Gasteiger partial charge on any atom is -0.345 e. The van der Waals surface area contributed by atoms with Crippen molar-refractivity contribution in [3.05, 3.63) is 36.5 Å². The first-order chi connectivity index (χ1) is 11.7. The fourth-order valence-electron chi connectivity index (χ4n) is 3.32. The molecule has 1 atom stereocenters. The van der Waals surface area contributed by atoms with Crippen LogP contribution in [0.25, 0.3) is 16.2 Å². The Kier molecular flexibility index (Phi) is 4.24. The summed E-state index contributed by atoms with van der Waals surface area (Å²) >= 11 is 1.68. The number of imidazole rings is 1. The Morgan fingerprint density at radius 3 is 2.83 bits per heavy atom. The van der Waals surface area contributed by atoms with E-state index in [1.165, 1.54) is 12.8 Å². The molecule has 0 aliphatic carbocycles. The van der Waals surface area contributed by atoms with E-state index in [0.717, 1.165) is 34.4 Å². The third kappa shape index (κ3) is 3.16. The van der Waals surface area contributed by atoms with Gasteiger partial charge in [0.15, 0.2) is 0 Å². The summed E-state index contributed by atoms with van der Waals surface area (Å²) < 4.78 is 1.92. The molecule has 4 rings (SSSR count). The fourth-order valence-corrected chi connectivity index (χ4v) is 4.24. The Labute approximate surface area is 146 Å². The van der Waals surface area contributed by atoms with Crippen molar-refractivity contribution in [1.82, 2.24) is 19.9 Å². The second-order valence-electron chi connectivity index (χ2n) is 6.71. The molecule has 126 valence electrons. The highest BCUT2D eigenvalue weighted by atomic mass is 32.1. The quantitative estimate of drug-likeness (QED) is 0.790. The zero-order valence-electron chi connectivity index (χ0n) is 14.1. The van der Waals surface area contributed by atoms with E-state index in [1.807, 2.05) is 28.9 Å². The number of piperidine rings is 1. The van der Waals surface area contributed by atoms with Crippen molar-refractivity contribution in [2.45, 2.75) is 38.8 Å². The van der Waals surface area contributed by atoms with Crippen molar-refractivity contribution in [1.29, 1.82) is 0 Å². The van der Waals surface area contributed by atoms with Crippen molar-refractivity contribution in [3.63, 3.8) is 0 Å². The minimum absolute atomic E-state index is 0.525. The molecule has 0 bridgehead atoms. The van der Waals surface area contributed by atoms with Gasteiger partial charge in [0.2, 0.25) is 10.1 Å². The Hall–Kier alpha value is -1.92. The number of nitrogens with zero attached hydrogens (tertiary/aromatic N) is 4. The molecule has 1 aliphatic rings. The van der Waals surface area contributed by atoms with Crippen molar-refractivity contribution in [3.8, 4) is 11.3 Å². The normalized spacial score (nSPS) is 18.6. The van der Waals surface area contributed by atoms with E-state index in [0.29, 0.717) is 12.1 Å². The van der Waals surface area contributed by atoms with Gasteiger partial charge in [-0.2, -0.15) is 0 Å². The zero-order chi connectivity index (χ0) is 16.5. The maximum atomic E-state index is 4.77. The summed E-state index contributed by atoms with van der Waals surface area (Å²) in [6.07, 6.45) is 4.48. The predicted molar refractivity (Wildman–Crippen MR) is 99.8 cm³/mol. The molecule has 3 heterocycles. The molecular weight excluding hydrogens is 318 g/mol. The standard InChI is InChI=1S/C18H23N5S/c1-13(2)19-15-9-6-10-22(11-15)18-21-23-12-16(20-17(23)24-18)14-7-4-3-5-8-14/h3-5,7-8,12-13,15,19H,6,9-11H2,1-2H3/t15-/m0/s1. The lowest BCUT2D eigenvalue weighted by Crippen LogP contribution is -2.47. The number of anilines is 1. The molecule has 1 aromatic carbocycles. The lowest BCUT2D eigenvalue weighted by atomic mass is 10.1. The average molecular weight is 341 g/mol. The minimum atomic E-state index is 0.525. The summed E-state index contributed by atoms with van der Waals surface area (Å²) in [6.45, 7) is 6.53. The van der Waals surface area contributed by atoms with Crippen LogP contribution in [-0.2, 0) is 0 Å². The van der Waals surface area contributed by atoms with Crippen LogP contribution in [-0.4, -0.2) is 39.8 Å². The molecule has 6 heteroatoms. The second kappa shape index (κ2) is 6.53. The van der Waals surface area contributed by atoms with Gasteiger partial charge in [-0.1, -0.05) is 55.5 Å². The smallest absolute Gasteiger partial charge is 0.214 e. The number of aromatic nitrogens is 3. The average Bonchev–Trinajstić information content (AvgIpc) is 3.14. The van der Waals surface area contributed by atoms with E-state index in [1.54, 1.807) is 11.3 Å². The fraction of sp³-hybridized carbons (Fsp3) is 0.444. The Morgan fingerprint density at radius 1 is 1.25 bits per heavy atom. The van der Waals surface area contributed by atoms with E-state index < -0.39 is 0 Å². The molecule has 1 fully saturated rings. The molecule has 1 saturated heterocycles. The van der Waals surface area contributed by atoms with Gasteiger partial charge in [-0.05, 0) is 12.8 Å². The van der Waals surface area contributed by atoms with Gasteiger partial charge in [-0.25, -0.2) is 9.50 Å². The molecule has 0 amide bonds. The van der Waals surface area contributed by atoms with E-state index in [4.69, 9.17) is 10.1 Å². The van der Waals surface area contributed by atoms with Crippen LogP contribution in [0, 0.1) is 0 Å². The predicted octanol–water partition coefficient (Wildman–Crippen LogP) is 3.42. The zero-order valence-corrected chi connectivity index (χ0v) is 15.0. The van der Waals surface area contributed by atoms with Crippen molar-refractivity contribution < 1.29 is 0 Å². The van der Waals surface area contributed by atoms with Crippen LogP contribution in [0.3, 0.4) is 0 Å². The highest BCUT2D eigenvalue weighted by Gasteiger charge is 2.23. The second-order valence-corrected chi connectivity index (χ2v) is 7.64. The molecular formula is C18H23N5S. The Morgan fingerprint density at radius 2 is 2.08 bits per heavy atom. The Balaban J connectivity index is 1.54. The number of benzene rings is 1. The highest BCUT2D eigenvalue weighted by Crippen LogP contribution is 2.28. The molecule has 0 spiro atoms. The lowest BCUT2D eigenvalue weighted by Gasteiger charge is -2.33. The molecule has 3 aromatic rings. The van der Waals surface area contributed by atoms with Gasteiger partial charge in [-0.3, -0.25) is 0 Å². The van der Waals surface area contributed by atoms with Crippen LogP contribution in [0.15, 0.2) is 36.5 Å². The lowest BCUT2D eigenvalue weighted by molar-refractivity contribution is 0.394. The van der Waals surface area contributed by atoms with Gasteiger partial charge in [-0.15, -0.1) is 5.10 Å². The molecule has 0 unspecified atom stereocenters. The summed E-state index contributed by atoms with van der Waals surface area (Å²) in [4.78, 5) is 8.10. The first kappa shape index (κ1) is 15.6. The van der Waals surface area contributed by atoms with Gasteiger partial charge in [0.05, 0.1) is 11.9 Å². The monoisotopic (exact) mass is 341 g/mol. The van der Waals surface area contributed by atoms with Gasteiger partial charge in [0.25, 0.3) is 0 Å². The summed E-state index contributed by atoms with van der Waals surface area (Å²) in [7, 11) is 0. The van der Waals surface area contributed by atoms with Gasteiger partial charge in [0.1, 0.15) is 0 Å². The van der Waals surface area contributed by atoms with Crippen molar-refractivity contribution in [2.75, 3.05) is 18.0 Å². The van der Waals surface area contributed by atoms with E-state index >= 15 is 0 Å². The van der Waals surface area contributed by atoms with Gasteiger partial charge >= 0.3 is 0 Å². The number of rotatable bonds is 4. The maximum Gasteiger partial charge on any atom is 0.214 e. The molecule has 0 saturated carbocycles. The van der Waals surface area contributed by atoms with Crippen LogP contribution in [0.1, 0.15) is 26.7 Å². The van der Waals surface area contributed by atoms with Crippen LogP contribution in [0.4, 0.5) is 5.13 Å². The SMILES string of the molecule is CC(C)N[C@H]1CCCN(c2nn3cc(-c4ccccc4)nc3s2)C1. The largest absolute Gasteiger partial charge is 0.345 e. The van der Waals surface area contributed by atoms with Crippen LogP contribution in [0.5, 0.6) is 0 Å². The third-order valence-corrected chi connectivity index (χ3v) is 5.35. The van der Waals surface area contributed by atoms with Crippen molar-refractivity contribution >= 4 is 21.4 Å². The third-order valence-electron chi connectivity index (χ3n) is 4.36. The Bertz CT molecular complexity index is 776. The molecule has 2 aromatic heterocycles. The summed E-state index contributed by atoms with van der Waals surface area (Å²) in [6, 6.07) is 11.3. The number of nitrogens with one attached hydrogen (secondary N) is 1. The van der Waals surface area contributed by atoms with Crippen molar-refractivity contribution in [2.24, 2.45) is 0 Å². The van der Waals surface area contributed by atoms with Gasteiger partial charge < -0.3 is 10.2 Å². The highest BCUT2D eigenvalue weighted by molar-refractivity contribution is 7.20. The van der Waals surface area contributed by atoms with Gasteiger partial charge in [0, 0.05) is 30.7 Å². The summed E-state index contributed by atoms with van der Waals surface area (Å²) in [5.41, 5.74) is 2.12. The molecule has 1 aliphatic heterocycles. The van der Waals surface area contributed by atoms with E-state index in [9.17, 15) is 0 Å². The van der Waals surface area contributed by atoms with Crippen LogP contribution >= 0.6 is 11.3 Å². The molecule has 1 N–H and O–H groups in total. The number of fused-ring (bicyclic) bond motifs is 1. The number of hydrogen-bond donors (Lipinski definition) is 1. The first-order valence-corrected chi connectivity index (χ1v) is 9.43. The molecule has 5 nitrogen and oxygen atoms in total. The molecule has 0 radical (unpaired) electrons. The van der Waals surface area contributed by atoms with E-state index in [-0.39, 0.29) is 0 Å². The summed E-state index contributed by atoms with van der Waals surface area (Å²) in [5, 5.41) is 9.50.